The summed E-state index contributed by atoms with van der Waals surface area (Å²) >= 11 is 0. The van der Waals surface area contributed by atoms with E-state index in [0.29, 0.717) is 0 Å². The number of hydrogen-bond acceptors (Lipinski definition) is 8. The van der Waals surface area contributed by atoms with E-state index in [4.69, 9.17) is 18.9 Å². The Morgan fingerprint density at radius 2 is 1.60 bits per heavy atom. The van der Waals surface area contributed by atoms with Gasteiger partial charge in [-0.3, -0.25) is 4.79 Å². The molecule has 9 nitrogen and oxygen atoms in total. The van der Waals surface area contributed by atoms with Crippen LogP contribution in [0.15, 0.2) is 72.8 Å². The SMILES string of the molecule is C=C(CO[C@H]1[C@H](O)[C@H](CO)O[C@@H](OCc2ccccc2)[C@H]1NC(C)=O)C(=O)OCc1ccccc1. The van der Waals surface area contributed by atoms with Gasteiger partial charge in [0.1, 0.15) is 31.0 Å². The van der Waals surface area contributed by atoms with Crippen molar-refractivity contribution in [3.8, 4) is 0 Å². The predicted octanol–water partition coefficient (Wildman–Crippen LogP) is 1.47. The summed E-state index contributed by atoms with van der Waals surface area (Å²) in [5.74, 6) is -1.04. The van der Waals surface area contributed by atoms with Crippen molar-refractivity contribution in [2.24, 2.45) is 0 Å². The Labute approximate surface area is 204 Å². The first-order chi connectivity index (χ1) is 16.9. The molecule has 5 atom stereocenters. The third-order valence-corrected chi connectivity index (χ3v) is 5.43. The minimum Gasteiger partial charge on any atom is -0.457 e. The Bertz CT molecular complexity index is 968. The lowest BCUT2D eigenvalue weighted by atomic mass is 9.96. The molecule has 2 aromatic carbocycles. The van der Waals surface area contributed by atoms with Crippen LogP contribution in [0.2, 0.25) is 0 Å². The van der Waals surface area contributed by atoms with Crippen LogP contribution in [-0.2, 0) is 41.8 Å². The van der Waals surface area contributed by atoms with Gasteiger partial charge in [-0.25, -0.2) is 4.79 Å². The predicted molar refractivity (Wildman–Crippen MR) is 126 cm³/mol. The van der Waals surface area contributed by atoms with E-state index in [2.05, 4.69) is 11.9 Å². The van der Waals surface area contributed by atoms with Crippen LogP contribution in [0.5, 0.6) is 0 Å². The number of hydrogen-bond donors (Lipinski definition) is 3. The van der Waals surface area contributed by atoms with Crippen LogP contribution >= 0.6 is 0 Å². The molecule has 1 aliphatic rings. The first-order valence-corrected chi connectivity index (χ1v) is 11.3. The van der Waals surface area contributed by atoms with Gasteiger partial charge >= 0.3 is 5.97 Å². The molecule has 0 aliphatic carbocycles. The summed E-state index contributed by atoms with van der Waals surface area (Å²) in [4.78, 5) is 24.3. The van der Waals surface area contributed by atoms with E-state index in [1.807, 2.05) is 60.7 Å². The van der Waals surface area contributed by atoms with Crippen LogP contribution in [0.25, 0.3) is 0 Å². The molecule has 0 spiro atoms. The van der Waals surface area contributed by atoms with Crippen molar-refractivity contribution in [1.82, 2.24) is 5.32 Å². The molecule has 3 N–H and O–H groups in total. The second-order valence-corrected chi connectivity index (χ2v) is 8.18. The van der Waals surface area contributed by atoms with E-state index >= 15 is 0 Å². The molecule has 0 radical (unpaired) electrons. The Kier molecular flexibility index (Phi) is 9.95. The average molecular weight is 486 g/mol. The molecule has 1 fully saturated rings. The van der Waals surface area contributed by atoms with Crippen molar-refractivity contribution in [1.29, 1.82) is 0 Å². The molecule has 1 heterocycles. The van der Waals surface area contributed by atoms with Gasteiger partial charge in [-0.1, -0.05) is 67.2 Å². The monoisotopic (exact) mass is 485 g/mol. The average Bonchev–Trinajstić information content (AvgIpc) is 2.87. The van der Waals surface area contributed by atoms with Crippen molar-refractivity contribution >= 4 is 11.9 Å². The number of amides is 1. The van der Waals surface area contributed by atoms with E-state index in [1.165, 1.54) is 6.92 Å². The van der Waals surface area contributed by atoms with Crippen LogP contribution in [0.1, 0.15) is 18.1 Å². The van der Waals surface area contributed by atoms with E-state index < -0.39 is 49.1 Å². The van der Waals surface area contributed by atoms with Crippen LogP contribution in [0.3, 0.4) is 0 Å². The number of carbonyl (C=O) groups is 2. The summed E-state index contributed by atoms with van der Waals surface area (Å²) in [6, 6.07) is 17.6. The second kappa shape index (κ2) is 13.1. The van der Waals surface area contributed by atoms with Crippen molar-refractivity contribution in [2.75, 3.05) is 13.2 Å². The number of nitrogens with one attached hydrogen (secondary N) is 1. The lowest BCUT2D eigenvalue weighted by Gasteiger charge is -2.44. The van der Waals surface area contributed by atoms with Crippen LogP contribution in [0, 0.1) is 0 Å². The normalized spacial score (nSPS) is 23.9. The van der Waals surface area contributed by atoms with Crippen LogP contribution < -0.4 is 5.32 Å². The number of benzene rings is 2. The van der Waals surface area contributed by atoms with Gasteiger partial charge in [0, 0.05) is 6.92 Å². The van der Waals surface area contributed by atoms with Crippen molar-refractivity contribution in [3.05, 3.63) is 83.9 Å². The Morgan fingerprint density at radius 3 is 2.17 bits per heavy atom. The number of aliphatic hydroxyl groups is 2. The van der Waals surface area contributed by atoms with Gasteiger partial charge in [0.05, 0.1) is 25.4 Å². The maximum atomic E-state index is 12.4. The summed E-state index contributed by atoms with van der Waals surface area (Å²) < 4.78 is 22.7. The number of ether oxygens (including phenoxy) is 4. The molecule has 3 rings (SSSR count). The largest absolute Gasteiger partial charge is 0.457 e. The zero-order valence-electron chi connectivity index (χ0n) is 19.5. The maximum Gasteiger partial charge on any atom is 0.336 e. The molecule has 35 heavy (non-hydrogen) atoms. The standard InChI is InChI=1S/C26H31NO8/c1-17(25(31)33-15-19-9-5-3-6-10-19)14-32-24-22(27-18(2)29)26(35-21(13-28)23(24)30)34-16-20-11-7-4-8-12-20/h3-12,21-24,26,28,30H,1,13-16H2,2H3,(H,27,29)/t21-,22-,23+,24+,26+/m0/s1. The molecule has 9 heteroatoms. The Morgan fingerprint density at radius 1 is 1.00 bits per heavy atom. The lowest BCUT2D eigenvalue weighted by molar-refractivity contribution is -0.279. The summed E-state index contributed by atoms with van der Waals surface area (Å²) in [5.41, 5.74) is 1.73. The maximum absolute atomic E-state index is 12.4. The molecule has 0 bridgehead atoms. The molecule has 0 saturated carbocycles. The Balaban J connectivity index is 1.65. The van der Waals surface area contributed by atoms with Gasteiger partial charge in [0.15, 0.2) is 6.29 Å². The van der Waals surface area contributed by atoms with E-state index in [0.717, 1.165) is 11.1 Å². The topological polar surface area (TPSA) is 124 Å². The molecule has 1 aliphatic heterocycles. The zero-order chi connectivity index (χ0) is 25.2. The zero-order valence-corrected chi connectivity index (χ0v) is 19.5. The highest BCUT2D eigenvalue weighted by Gasteiger charge is 2.47. The van der Waals surface area contributed by atoms with Crippen molar-refractivity contribution < 1.29 is 38.7 Å². The molecule has 0 aromatic heterocycles. The highest BCUT2D eigenvalue weighted by molar-refractivity contribution is 5.87. The van der Waals surface area contributed by atoms with Gasteiger partial charge in [-0.05, 0) is 11.1 Å². The lowest BCUT2D eigenvalue weighted by Crippen LogP contribution is -2.65. The fourth-order valence-corrected chi connectivity index (χ4v) is 3.63. The minimum absolute atomic E-state index is 0.0310. The molecule has 1 saturated heterocycles. The third kappa shape index (κ3) is 7.71. The summed E-state index contributed by atoms with van der Waals surface area (Å²) in [5, 5.41) is 23.2. The van der Waals surface area contributed by atoms with Crippen LogP contribution in [0.4, 0.5) is 0 Å². The minimum atomic E-state index is -1.30. The molecular formula is C26H31NO8. The van der Waals surface area contributed by atoms with Crippen LogP contribution in [-0.4, -0.2) is 65.9 Å². The van der Waals surface area contributed by atoms with Gasteiger partial charge in [-0.15, -0.1) is 0 Å². The summed E-state index contributed by atoms with van der Waals surface area (Å²) in [6.07, 6.45) is -4.40. The second-order valence-electron chi connectivity index (χ2n) is 8.18. The van der Waals surface area contributed by atoms with Gasteiger partial charge in [0.2, 0.25) is 5.91 Å². The fraction of sp³-hybridized carbons (Fsp3) is 0.385. The first kappa shape index (κ1) is 26.5. The van der Waals surface area contributed by atoms with Gasteiger partial charge < -0.3 is 34.5 Å². The smallest absolute Gasteiger partial charge is 0.336 e. The highest BCUT2D eigenvalue weighted by atomic mass is 16.7. The quantitative estimate of drug-likeness (QED) is 0.323. The van der Waals surface area contributed by atoms with E-state index in [-0.39, 0.29) is 25.4 Å². The van der Waals surface area contributed by atoms with Crippen molar-refractivity contribution in [2.45, 2.75) is 50.8 Å². The first-order valence-electron chi connectivity index (χ1n) is 11.3. The van der Waals surface area contributed by atoms with E-state index in [1.54, 1.807) is 0 Å². The van der Waals surface area contributed by atoms with Crippen molar-refractivity contribution in [3.63, 3.8) is 0 Å². The highest BCUT2D eigenvalue weighted by Crippen LogP contribution is 2.26. The van der Waals surface area contributed by atoms with Gasteiger partial charge in [-0.2, -0.15) is 0 Å². The molecular weight excluding hydrogens is 454 g/mol. The molecule has 0 unspecified atom stereocenters. The molecule has 1 amide bonds. The summed E-state index contributed by atoms with van der Waals surface area (Å²) in [7, 11) is 0. The fourth-order valence-electron chi connectivity index (χ4n) is 3.63. The summed E-state index contributed by atoms with van der Waals surface area (Å²) in [6.45, 7) is 4.51. The molecule has 2 aromatic rings. The number of rotatable bonds is 11. The molecule has 188 valence electrons. The number of esters is 1. The third-order valence-electron chi connectivity index (χ3n) is 5.43. The van der Waals surface area contributed by atoms with Gasteiger partial charge in [0.25, 0.3) is 0 Å². The number of aliphatic hydroxyl groups excluding tert-OH is 2. The Hall–Kier alpha value is -3.08. The number of carbonyl (C=O) groups excluding carboxylic acids is 2. The van der Waals surface area contributed by atoms with E-state index in [9.17, 15) is 19.8 Å².